The van der Waals surface area contributed by atoms with Crippen LogP contribution in [0, 0.1) is 34.6 Å². The van der Waals surface area contributed by atoms with E-state index in [-0.39, 0.29) is 5.91 Å². The van der Waals surface area contributed by atoms with Crippen LogP contribution in [-0.2, 0) is 13.0 Å². The minimum atomic E-state index is -0.251. The highest BCUT2D eigenvalue weighted by molar-refractivity contribution is 5.93. The van der Waals surface area contributed by atoms with Crippen LogP contribution in [0.2, 0.25) is 0 Å². The quantitative estimate of drug-likeness (QED) is 0.727. The van der Waals surface area contributed by atoms with Crippen LogP contribution in [0.25, 0.3) is 0 Å². The number of hydrogen-bond donors (Lipinski definition) is 1. The van der Waals surface area contributed by atoms with Crippen LogP contribution >= 0.6 is 0 Å². The third-order valence-corrected chi connectivity index (χ3v) is 4.61. The molecule has 3 rings (SSSR count). The maximum Gasteiger partial charge on any atom is 0.273 e. The van der Waals surface area contributed by atoms with E-state index in [1.54, 1.807) is 6.92 Å². The SMILES string of the molecule is Cc1noc(C)c1Cc1c(C(=O)NCCn2c(C)cnc2C)noc1C. The van der Waals surface area contributed by atoms with Crippen LogP contribution in [0.1, 0.15) is 50.3 Å². The summed E-state index contributed by atoms with van der Waals surface area (Å²) in [6.45, 7) is 10.6. The molecule has 0 spiro atoms. The van der Waals surface area contributed by atoms with Crippen LogP contribution in [0.3, 0.4) is 0 Å². The zero-order valence-corrected chi connectivity index (χ0v) is 15.7. The number of rotatable bonds is 6. The van der Waals surface area contributed by atoms with E-state index >= 15 is 0 Å². The Hall–Kier alpha value is -2.90. The molecule has 1 amide bonds. The summed E-state index contributed by atoms with van der Waals surface area (Å²) >= 11 is 0. The third kappa shape index (κ3) is 3.40. The normalized spacial score (nSPS) is 11.1. The Labute approximate surface area is 151 Å². The lowest BCUT2D eigenvalue weighted by atomic mass is 10.0. The lowest BCUT2D eigenvalue weighted by molar-refractivity contribution is 0.0942. The molecule has 3 aromatic heterocycles. The zero-order valence-electron chi connectivity index (χ0n) is 15.7. The highest BCUT2D eigenvalue weighted by Gasteiger charge is 2.22. The molecule has 0 bridgehead atoms. The molecule has 8 heteroatoms. The molecule has 3 heterocycles. The van der Waals surface area contributed by atoms with Crippen molar-refractivity contribution in [1.82, 2.24) is 25.2 Å². The highest BCUT2D eigenvalue weighted by Crippen LogP contribution is 2.22. The summed E-state index contributed by atoms with van der Waals surface area (Å²) in [6, 6.07) is 0. The molecule has 0 saturated heterocycles. The van der Waals surface area contributed by atoms with E-state index in [1.165, 1.54) is 0 Å². The second kappa shape index (κ2) is 7.15. The van der Waals surface area contributed by atoms with E-state index < -0.39 is 0 Å². The Morgan fingerprint density at radius 2 is 1.77 bits per heavy atom. The lowest BCUT2D eigenvalue weighted by Crippen LogP contribution is -2.28. The summed E-state index contributed by atoms with van der Waals surface area (Å²) in [7, 11) is 0. The van der Waals surface area contributed by atoms with Gasteiger partial charge in [0.2, 0.25) is 0 Å². The van der Waals surface area contributed by atoms with E-state index in [4.69, 9.17) is 9.05 Å². The third-order valence-electron chi connectivity index (χ3n) is 4.61. The maximum absolute atomic E-state index is 12.6. The minimum absolute atomic E-state index is 0.251. The summed E-state index contributed by atoms with van der Waals surface area (Å²) in [4.78, 5) is 16.8. The molecule has 8 nitrogen and oxygen atoms in total. The van der Waals surface area contributed by atoms with Crippen molar-refractivity contribution in [3.8, 4) is 0 Å². The number of aryl methyl sites for hydroxylation is 5. The molecule has 1 N–H and O–H groups in total. The van der Waals surface area contributed by atoms with E-state index in [2.05, 4.69) is 25.2 Å². The molecule has 138 valence electrons. The molecule has 0 aliphatic rings. The zero-order chi connectivity index (χ0) is 18.8. The van der Waals surface area contributed by atoms with Gasteiger partial charge in [-0.25, -0.2) is 4.98 Å². The molecule has 26 heavy (non-hydrogen) atoms. The van der Waals surface area contributed by atoms with E-state index in [0.29, 0.717) is 31.0 Å². The minimum Gasteiger partial charge on any atom is -0.361 e. The molecule has 0 radical (unpaired) electrons. The number of nitrogens with zero attached hydrogens (tertiary/aromatic N) is 4. The van der Waals surface area contributed by atoms with Gasteiger partial charge in [0, 0.05) is 42.5 Å². The van der Waals surface area contributed by atoms with Crippen molar-refractivity contribution in [3.63, 3.8) is 0 Å². The standard InChI is InChI=1S/C18H23N5O3/c1-10-9-20-14(5)23(10)7-6-19-18(24)17-16(13(4)26-22-17)8-15-11(2)21-25-12(15)3/h9H,6-8H2,1-5H3,(H,19,24). The van der Waals surface area contributed by atoms with Crippen molar-refractivity contribution in [3.05, 3.63) is 51.8 Å². The number of amides is 1. The largest absolute Gasteiger partial charge is 0.361 e. The summed E-state index contributed by atoms with van der Waals surface area (Å²) < 4.78 is 12.5. The van der Waals surface area contributed by atoms with Gasteiger partial charge >= 0.3 is 0 Å². The molecule has 3 aromatic rings. The van der Waals surface area contributed by atoms with Crippen molar-refractivity contribution in [2.24, 2.45) is 0 Å². The monoisotopic (exact) mass is 357 g/mol. The summed E-state index contributed by atoms with van der Waals surface area (Å²) in [5, 5.41) is 10.8. The Kier molecular flexibility index (Phi) is 4.92. The van der Waals surface area contributed by atoms with Gasteiger partial charge in [-0.3, -0.25) is 4.79 Å². The molecule has 0 aliphatic carbocycles. The fraction of sp³-hybridized carbons (Fsp3) is 0.444. The summed E-state index contributed by atoms with van der Waals surface area (Å²) in [5.41, 5.74) is 3.89. The van der Waals surface area contributed by atoms with Crippen LogP contribution in [0.5, 0.6) is 0 Å². The Bertz CT molecular complexity index is 896. The first kappa shape index (κ1) is 17.9. The van der Waals surface area contributed by atoms with E-state index in [1.807, 2.05) is 33.9 Å². The fourth-order valence-corrected chi connectivity index (χ4v) is 2.99. The van der Waals surface area contributed by atoms with Gasteiger partial charge in [0.15, 0.2) is 5.69 Å². The number of nitrogens with one attached hydrogen (secondary N) is 1. The Morgan fingerprint density at radius 1 is 1.08 bits per heavy atom. The first-order valence-corrected chi connectivity index (χ1v) is 8.52. The van der Waals surface area contributed by atoms with Gasteiger partial charge in [0.05, 0.1) is 5.69 Å². The molecule has 0 aromatic carbocycles. The second-order valence-corrected chi connectivity index (χ2v) is 6.40. The highest BCUT2D eigenvalue weighted by atomic mass is 16.5. The predicted molar refractivity (Wildman–Crippen MR) is 94.1 cm³/mol. The number of carbonyl (C=O) groups is 1. The maximum atomic E-state index is 12.6. The fourth-order valence-electron chi connectivity index (χ4n) is 2.99. The van der Waals surface area contributed by atoms with E-state index in [9.17, 15) is 4.79 Å². The second-order valence-electron chi connectivity index (χ2n) is 6.40. The summed E-state index contributed by atoms with van der Waals surface area (Å²) in [5.74, 6) is 2.03. The van der Waals surface area contributed by atoms with Gasteiger partial charge in [-0.05, 0) is 34.6 Å². The Balaban J connectivity index is 1.70. The number of aromatic nitrogens is 4. The predicted octanol–water partition coefficient (Wildman–Crippen LogP) is 2.42. The van der Waals surface area contributed by atoms with Gasteiger partial charge in [-0.15, -0.1) is 0 Å². The van der Waals surface area contributed by atoms with E-state index in [0.717, 1.165) is 34.1 Å². The van der Waals surface area contributed by atoms with Crippen LogP contribution < -0.4 is 5.32 Å². The number of hydrogen-bond acceptors (Lipinski definition) is 6. The van der Waals surface area contributed by atoms with Crippen molar-refractivity contribution in [2.45, 2.75) is 47.6 Å². The van der Waals surface area contributed by atoms with Gasteiger partial charge in [-0.2, -0.15) is 0 Å². The first-order valence-electron chi connectivity index (χ1n) is 8.52. The van der Waals surface area contributed by atoms with Crippen molar-refractivity contribution >= 4 is 5.91 Å². The van der Waals surface area contributed by atoms with Gasteiger partial charge < -0.3 is 18.9 Å². The number of carbonyl (C=O) groups excluding carboxylic acids is 1. The molecular formula is C18H23N5O3. The smallest absolute Gasteiger partial charge is 0.273 e. The Morgan fingerprint density at radius 3 is 2.38 bits per heavy atom. The van der Waals surface area contributed by atoms with Gasteiger partial charge in [0.25, 0.3) is 5.91 Å². The molecule has 0 saturated carbocycles. The number of imidazole rings is 1. The van der Waals surface area contributed by atoms with Crippen molar-refractivity contribution < 1.29 is 13.8 Å². The van der Waals surface area contributed by atoms with Crippen molar-refractivity contribution in [1.29, 1.82) is 0 Å². The van der Waals surface area contributed by atoms with Gasteiger partial charge in [0.1, 0.15) is 17.3 Å². The molecular weight excluding hydrogens is 334 g/mol. The average Bonchev–Trinajstić information content (AvgIpc) is 3.23. The summed E-state index contributed by atoms with van der Waals surface area (Å²) in [6.07, 6.45) is 2.32. The molecule has 0 atom stereocenters. The average molecular weight is 357 g/mol. The molecule has 0 unspecified atom stereocenters. The first-order chi connectivity index (χ1) is 12.4. The molecule has 0 fully saturated rings. The van der Waals surface area contributed by atoms with Crippen LogP contribution in [0.15, 0.2) is 15.2 Å². The van der Waals surface area contributed by atoms with Crippen LogP contribution in [-0.4, -0.2) is 32.3 Å². The topological polar surface area (TPSA) is 99.0 Å². The van der Waals surface area contributed by atoms with Crippen molar-refractivity contribution in [2.75, 3.05) is 6.54 Å². The molecule has 0 aliphatic heterocycles. The van der Waals surface area contributed by atoms with Crippen LogP contribution in [0.4, 0.5) is 0 Å². The lowest BCUT2D eigenvalue weighted by Gasteiger charge is -2.09. The van der Waals surface area contributed by atoms with Gasteiger partial charge in [-0.1, -0.05) is 10.3 Å².